The lowest BCUT2D eigenvalue weighted by molar-refractivity contribution is 0.741. The van der Waals surface area contributed by atoms with Gasteiger partial charge in [0.1, 0.15) is 0 Å². The fourth-order valence-corrected chi connectivity index (χ4v) is 8.13. The summed E-state index contributed by atoms with van der Waals surface area (Å²) in [4.78, 5) is 9.56. The molecule has 1 aliphatic rings. The molecule has 0 radical (unpaired) electrons. The van der Waals surface area contributed by atoms with Gasteiger partial charge in [0.2, 0.25) is 0 Å². The van der Waals surface area contributed by atoms with Gasteiger partial charge in [-0.3, -0.25) is 9.98 Å². The van der Waals surface area contributed by atoms with Crippen LogP contribution in [0.2, 0.25) is 0 Å². The number of aliphatic imine (C=N–C) groups is 1. The average Bonchev–Trinajstić information content (AvgIpc) is 3.49. The van der Waals surface area contributed by atoms with Crippen molar-refractivity contribution in [1.82, 2.24) is 4.98 Å². The topological polar surface area (TPSA) is 25.2 Å². The Morgan fingerprint density at radius 3 is 1.62 bits per heavy atom. The molecule has 1 aromatic heterocycles. The van der Waals surface area contributed by atoms with E-state index in [0.717, 1.165) is 28.3 Å². The second-order valence-electron chi connectivity index (χ2n) is 13.1. The zero-order valence-corrected chi connectivity index (χ0v) is 27.2. The van der Waals surface area contributed by atoms with Crippen molar-refractivity contribution in [2.24, 2.45) is 4.99 Å². The molecule has 8 aromatic rings. The lowest BCUT2D eigenvalue weighted by Gasteiger charge is -2.19. The summed E-state index contributed by atoms with van der Waals surface area (Å²) in [6.07, 6.45) is 3.93. The van der Waals surface area contributed by atoms with Gasteiger partial charge >= 0.3 is 0 Å². The van der Waals surface area contributed by atoms with Crippen molar-refractivity contribution in [2.45, 2.75) is 18.6 Å². The third-order valence-corrected chi connectivity index (χ3v) is 10.6. The van der Waals surface area contributed by atoms with Crippen LogP contribution in [0.4, 0.5) is 0 Å². The van der Waals surface area contributed by atoms with Crippen LogP contribution < -0.4 is 0 Å². The fourth-order valence-electron chi connectivity index (χ4n) is 7.12. The molecule has 0 aliphatic carbocycles. The Morgan fingerprint density at radius 1 is 0.468 bits per heavy atom. The minimum absolute atomic E-state index is 0.114. The molecule has 0 atom stereocenters. The van der Waals surface area contributed by atoms with E-state index in [0.29, 0.717) is 0 Å². The third-order valence-electron chi connectivity index (χ3n) is 9.40. The van der Waals surface area contributed by atoms with Crippen molar-refractivity contribution in [3.05, 3.63) is 151 Å². The number of rotatable bonds is 4. The van der Waals surface area contributed by atoms with E-state index in [9.17, 15) is 0 Å². The molecule has 0 amide bonds. The summed E-state index contributed by atoms with van der Waals surface area (Å²) >= 11 is 1.84. The molecular weight excluding hydrogens is 589 g/mol. The predicted molar refractivity (Wildman–Crippen MR) is 204 cm³/mol. The van der Waals surface area contributed by atoms with Gasteiger partial charge in [-0.25, -0.2) is 0 Å². The molecule has 2 heterocycles. The first-order valence-electron chi connectivity index (χ1n) is 16.2. The van der Waals surface area contributed by atoms with E-state index >= 15 is 0 Å². The fraction of sp³-hybridized carbons (Fsp3) is 0.0909. The zero-order valence-electron chi connectivity index (χ0n) is 26.4. The molecule has 2 nitrogen and oxygen atoms in total. The van der Waals surface area contributed by atoms with Gasteiger partial charge in [0.15, 0.2) is 0 Å². The van der Waals surface area contributed by atoms with Crippen molar-refractivity contribution < 1.29 is 0 Å². The van der Waals surface area contributed by atoms with E-state index in [1.165, 1.54) is 65.3 Å². The van der Waals surface area contributed by atoms with Gasteiger partial charge in [-0.05, 0) is 109 Å². The largest absolute Gasteiger partial charge is 0.276 e. The molecule has 224 valence electrons. The van der Waals surface area contributed by atoms with Gasteiger partial charge < -0.3 is 0 Å². The highest BCUT2D eigenvalue weighted by atomic mass is 32.2. The molecule has 0 saturated heterocycles. The quantitative estimate of drug-likeness (QED) is 0.183. The summed E-state index contributed by atoms with van der Waals surface area (Å²) in [5.74, 6) is 0. The normalized spacial score (nSPS) is 14.3. The predicted octanol–water partition coefficient (Wildman–Crippen LogP) is 12.0. The number of thioether (sulfide) groups is 1. The molecule has 3 heteroatoms. The van der Waals surface area contributed by atoms with Crippen LogP contribution in [-0.2, 0) is 0 Å². The first kappa shape index (κ1) is 28.0. The molecule has 0 bridgehead atoms. The SMILES string of the molecule is CC1(C)CN=C(c2cncc(-c3ccc4c(-c5ccc6ccccc6c5)c5ccccc5c(-c5ccc6ccccc6c5)c4c3)c2)S1. The highest BCUT2D eigenvalue weighted by molar-refractivity contribution is 8.15. The van der Waals surface area contributed by atoms with Gasteiger partial charge in [-0.2, -0.15) is 0 Å². The Hall–Kier alpha value is -5.25. The summed E-state index contributed by atoms with van der Waals surface area (Å²) in [5.41, 5.74) is 8.31. The molecule has 47 heavy (non-hydrogen) atoms. The highest BCUT2D eigenvalue weighted by Gasteiger charge is 2.28. The molecular formula is C44H32N2S. The summed E-state index contributed by atoms with van der Waals surface area (Å²) < 4.78 is 0.114. The molecule has 9 rings (SSSR count). The monoisotopic (exact) mass is 620 g/mol. The maximum Gasteiger partial charge on any atom is 0.0999 e. The highest BCUT2D eigenvalue weighted by Crippen LogP contribution is 2.46. The Kier molecular flexibility index (Phi) is 6.51. The van der Waals surface area contributed by atoms with Crippen molar-refractivity contribution in [1.29, 1.82) is 0 Å². The Labute approximate surface area is 278 Å². The van der Waals surface area contributed by atoms with Crippen molar-refractivity contribution in [3.8, 4) is 33.4 Å². The standard InChI is InChI=1S/C44H32N2S/c1-44(2)27-46-43(47-44)36-23-35(25-45-26-36)32-19-20-39-40(24-32)42(34-18-16-29-10-4-6-12-31(29)22-34)38-14-8-7-13-37(38)41(39)33-17-15-28-9-3-5-11-30(28)21-33/h3-26H,27H2,1-2H3. The molecule has 0 N–H and O–H groups in total. The van der Waals surface area contributed by atoms with E-state index in [1.54, 1.807) is 0 Å². The summed E-state index contributed by atoms with van der Waals surface area (Å²) in [7, 11) is 0. The summed E-state index contributed by atoms with van der Waals surface area (Å²) in [6.45, 7) is 5.33. The molecule has 1 aliphatic heterocycles. The Bertz CT molecular complexity index is 2560. The van der Waals surface area contributed by atoms with Gasteiger partial charge in [-0.1, -0.05) is 121 Å². The lowest BCUT2D eigenvalue weighted by Crippen LogP contribution is -2.14. The molecule has 0 fully saturated rings. The first-order chi connectivity index (χ1) is 23.0. The van der Waals surface area contributed by atoms with Crippen molar-refractivity contribution in [2.75, 3.05) is 6.54 Å². The number of benzene rings is 7. The van der Waals surface area contributed by atoms with Gasteiger partial charge in [-0.15, -0.1) is 0 Å². The van der Waals surface area contributed by atoms with Crippen LogP contribution in [-0.4, -0.2) is 21.3 Å². The minimum Gasteiger partial charge on any atom is -0.276 e. The van der Waals surface area contributed by atoms with Crippen LogP contribution in [0, 0.1) is 0 Å². The number of pyridine rings is 1. The Morgan fingerprint density at radius 2 is 1.00 bits per heavy atom. The molecule has 0 unspecified atom stereocenters. The second kappa shape index (κ2) is 10.9. The maximum absolute atomic E-state index is 4.86. The number of aromatic nitrogens is 1. The van der Waals surface area contributed by atoms with Crippen LogP contribution in [0.1, 0.15) is 19.4 Å². The zero-order chi connectivity index (χ0) is 31.5. The molecule has 0 spiro atoms. The number of fused-ring (bicyclic) bond motifs is 4. The van der Waals surface area contributed by atoms with Crippen LogP contribution in [0.3, 0.4) is 0 Å². The van der Waals surface area contributed by atoms with Crippen LogP contribution in [0.15, 0.2) is 151 Å². The average molecular weight is 621 g/mol. The third kappa shape index (κ3) is 4.90. The lowest BCUT2D eigenvalue weighted by atomic mass is 9.84. The minimum atomic E-state index is 0.114. The molecule has 7 aromatic carbocycles. The van der Waals surface area contributed by atoms with Crippen molar-refractivity contribution in [3.63, 3.8) is 0 Å². The van der Waals surface area contributed by atoms with E-state index in [1.807, 2.05) is 24.2 Å². The summed E-state index contributed by atoms with van der Waals surface area (Å²) in [5, 5.41) is 11.0. The van der Waals surface area contributed by atoms with E-state index < -0.39 is 0 Å². The number of hydrogen-bond acceptors (Lipinski definition) is 3. The smallest absolute Gasteiger partial charge is 0.0999 e. The van der Waals surface area contributed by atoms with Crippen LogP contribution in [0.25, 0.3) is 76.5 Å². The van der Waals surface area contributed by atoms with Crippen molar-refractivity contribution >= 4 is 59.9 Å². The van der Waals surface area contributed by atoms with E-state index in [-0.39, 0.29) is 4.75 Å². The van der Waals surface area contributed by atoms with Crippen LogP contribution >= 0.6 is 11.8 Å². The van der Waals surface area contributed by atoms with E-state index in [2.05, 4.69) is 147 Å². The number of hydrogen-bond donors (Lipinski definition) is 0. The van der Waals surface area contributed by atoms with Gasteiger partial charge in [0.25, 0.3) is 0 Å². The van der Waals surface area contributed by atoms with Crippen LogP contribution in [0.5, 0.6) is 0 Å². The van der Waals surface area contributed by atoms with E-state index in [4.69, 9.17) is 9.98 Å². The van der Waals surface area contributed by atoms with Gasteiger partial charge in [0.05, 0.1) is 11.6 Å². The second-order valence-corrected chi connectivity index (χ2v) is 14.8. The first-order valence-corrected chi connectivity index (χ1v) is 17.0. The Balaban J connectivity index is 1.33. The maximum atomic E-state index is 4.86. The summed E-state index contributed by atoms with van der Waals surface area (Å²) in [6, 6.07) is 49.1. The van der Waals surface area contributed by atoms with Gasteiger partial charge in [0, 0.05) is 28.3 Å². The molecule has 0 saturated carbocycles. The number of nitrogens with zero attached hydrogens (tertiary/aromatic N) is 2.